The Morgan fingerprint density at radius 2 is 2.31 bits per heavy atom. The van der Waals surface area contributed by atoms with E-state index in [0.29, 0.717) is 19.4 Å². The SMILES string of the molecule is CC(C)N(CCO)C(=O)CCc1ccco1. The summed E-state index contributed by atoms with van der Waals surface area (Å²) < 4.78 is 5.16. The summed E-state index contributed by atoms with van der Waals surface area (Å²) in [4.78, 5) is 13.5. The lowest BCUT2D eigenvalue weighted by molar-refractivity contribution is -0.133. The third kappa shape index (κ3) is 3.70. The highest BCUT2D eigenvalue weighted by Gasteiger charge is 2.16. The number of hydrogen-bond donors (Lipinski definition) is 1. The standard InChI is InChI=1S/C12H19NO3/c1-10(2)13(7-8-14)12(15)6-5-11-4-3-9-16-11/h3-4,9-10,14H,5-8H2,1-2H3. The minimum Gasteiger partial charge on any atom is -0.469 e. The van der Waals surface area contributed by atoms with E-state index in [1.807, 2.05) is 26.0 Å². The molecule has 1 N–H and O–H groups in total. The van der Waals surface area contributed by atoms with E-state index in [0.717, 1.165) is 5.76 Å². The van der Waals surface area contributed by atoms with Crippen LogP contribution >= 0.6 is 0 Å². The van der Waals surface area contributed by atoms with Crippen LogP contribution < -0.4 is 0 Å². The Bertz CT molecular complexity index is 306. The molecule has 4 heteroatoms. The molecule has 90 valence electrons. The van der Waals surface area contributed by atoms with Gasteiger partial charge in [-0.1, -0.05) is 0 Å². The minimum absolute atomic E-state index is 0.00463. The van der Waals surface area contributed by atoms with E-state index in [1.54, 1.807) is 11.2 Å². The zero-order valence-corrected chi connectivity index (χ0v) is 9.85. The summed E-state index contributed by atoms with van der Waals surface area (Å²) in [6.07, 6.45) is 2.64. The highest BCUT2D eigenvalue weighted by Crippen LogP contribution is 2.07. The van der Waals surface area contributed by atoms with Crippen LogP contribution in [0.5, 0.6) is 0 Å². The molecule has 0 spiro atoms. The van der Waals surface area contributed by atoms with Crippen molar-refractivity contribution in [1.82, 2.24) is 4.90 Å². The molecule has 0 bridgehead atoms. The lowest BCUT2D eigenvalue weighted by Crippen LogP contribution is -2.39. The van der Waals surface area contributed by atoms with Crippen LogP contribution in [-0.2, 0) is 11.2 Å². The van der Waals surface area contributed by atoms with Gasteiger partial charge in [0.15, 0.2) is 0 Å². The van der Waals surface area contributed by atoms with Crippen molar-refractivity contribution in [2.75, 3.05) is 13.2 Å². The highest BCUT2D eigenvalue weighted by atomic mass is 16.3. The molecule has 0 aromatic carbocycles. The van der Waals surface area contributed by atoms with Gasteiger partial charge in [-0.25, -0.2) is 0 Å². The van der Waals surface area contributed by atoms with Crippen LogP contribution in [0.2, 0.25) is 0 Å². The first-order valence-electron chi connectivity index (χ1n) is 5.58. The van der Waals surface area contributed by atoms with Crippen LogP contribution in [0.25, 0.3) is 0 Å². The summed E-state index contributed by atoms with van der Waals surface area (Å²) in [5.41, 5.74) is 0. The maximum Gasteiger partial charge on any atom is 0.223 e. The van der Waals surface area contributed by atoms with Gasteiger partial charge in [0.05, 0.1) is 12.9 Å². The van der Waals surface area contributed by atoms with E-state index in [9.17, 15) is 4.79 Å². The van der Waals surface area contributed by atoms with Gasteiger partial charge in [0.1, 0.15) is 5.76 Å². The van der Waals surface area contributed by atoms with Crippen LogP contribution in [-0.4, -0.2) is 35.1 Å². The molecule has 1 rings (SSSR count). The van der Waals surface area contributed by atoms with Crippen molar-refractivity contribution in [2.45, 2.75) is 32.7 Å². The number of nitrogens with zero attached hydrogens (tertiary/aromatic N) is 1. The van der Waals surface area contributed by atoms with Gasteiger partial charge in [-0.05, 0) is 26.0 Å². The van der Waals surface area contributed by atoms with Crippen molar-refractivity contribution in [2.24, 2.45) is 0 Å². The van der Waals surface area contributed by atoms with Crippen LogP contribution in [0.15, 0.2) is 22.8 Å². The molecule has 0 atom stereocenters. The van der Waals surface area contributed by atoms with Gasteiger partial charge in [0, 0.05) is 25.4 Å². The summed E-state index contributed by atoms with van der Waals surface area (Å²) >= 11 is 0. The molecule has 1 aromatic rings. The second kappa shape index (κ2) is 6.33. The van der Waals surface area contributed by atoms with Crippen LogP contribution in [0.1, 0.15) is 26.0 Å². The third-order valence-electron chi connectivity index (χ3n) is 2.45. The normalized spacial score (nSPS) is 10.8. The lowest BCUT2D eigenvalue weighted by atomic mass is 10.2. The number of carbonyl (C=O) groups excluding carboxylic acids is 1. The number of hydrogen-bond acceptors (Lipinski definition) is 3. The van der Waals surface area contributed by atoms with Crippen molar-refractivity contribution < 1.29 is 14.3 Å². The Labute approximate surface area is 95.9 Å². The summed E-state index contributed by atoms with van der Waals surface area (Å²) in [5.74, 6) is 0.876. The smallest absolute Gasteiger partial charge is 0.223 e. The fourth-order valence-corrected chi connectivity index (χ4v) is 1.61. The van der Waals surface area contributed by atoms with Gasteiger partial charge in [-0.3, -0.25) is 4.79 Å². The number of aliphatic hydroxyl groups excluding tert-OH is 1. The fourth-order valence-electron chi connectivity index (χ4n) is 1.61. The van der Waals surface area contributed by atoms with Gasteiger partial charge >= 0.3 is 0 Å². The molecule has 1 aromatic heterocycles. The molecule has 0 saturated heterocycles. The topological polar surface area (TPSA) is 53.7 Å². The number of furan rings is 1. The van der Waals surface area contributed by atoms with Crippen LogP contribution in [0.3, 0.4) is 0 Å². The van der Waals surface area contributed by atoms with Crippen LogP contribution in [0, 0.1) is 0 Å². The monoisotopic (exact) mass is 225 g/mol. The molecular weight excluding hydrogens is 206 g/mol. The van der Waals surface area contributed by atoms with Crippen molar-refractivity contribution in [1.29, 1.82) is 0 Å². The first-order valence-corrected chi connectivity index (χ1v) is 5.58. The molecule has 0 aliphatic carbocycles. The lowest BCUT2D eigenvalue weighted by Gasteiger charge is -2.25. The maximum atomic E-state index is 11.8. The van der Waals surface area contributed by atoms with Gasteiger partial charge in [0.25, 0.3) is 0 Å². The van der Waals surface area contributed by atoms with Crippen molar-refractivity contribution in [3.05, 3.63) is 24.2 Å². The second-order valence-corrected chi connectivity index (χ2v) is 3.98. The molecule has 0 aliphatic rings. The molecule has 16 heavy (non-hydrogen) atoms. The van der Waals surface area contributed by atoms with E-state index in [-0.39, 0.29) is 18.6 Å². The Kier molecular flexibility index (Phi) is 5.05. The molecule has 0 saturated carbocycles. The van der Waals surface area contributed by atoms with E-state index >= 15 is 0 Å². The summed E-state index contributed by atoms with van der Waals surface area (Å²) in [7, 11) is 0. The maximum absolute atomic E-state index is 11.8. The summed E-state index contributed by atoms with van der Waals surface area (Å²) in [5, 5.41) is 8.87. The van der Waals surface area contributed by atoms with Gasteiger partial charge < -0.3 is 14.4 Å². The first-order chi connectivity index (χ1) is 7.65. The minimum atomic E-state index is 0.00463. The highest BCUT2D eigenvalue weighted by molar-refractivity contribution is 5.76. The van der Waals surface area contributed by atoms with Gasteiger partial charge in [-0.15, -0.1) is 0 Å². The third-order valence-corrected chi connectivity index (χ3v) is 2.45. The van der Waals surface area contributed by atoms with Crippen molar-refractivity contribution in [3.8, 4) is 0 Å². The molecule has 0 radical (unpaired) electrons. The number of amides is 1. The number of carbonyl (C=O) groups is 1. The predicted molar refractivity (Wildman–Crippen MR) is 61.0 cm³/mol. The number of aryl methyl sites for hydroxylation is 1. The molecule has 0 fully saturated rings. The molecule has 1 amide bonds. The van der Waals surface area contributed by atoms with E-state index in [2.05, 4.69) is 0 Å². The zero-order valence-electron chi connectivity index (χ0n) is 9.85. The number of aliphatic hydroxyl groups is 1. The molecule has 4 nitrogen and oxygen atoms in total. The summed E-state index contributed by atoms with van der Waals surface area (Å²) in [6.45, 7) is 4.29. The van der Waals surface area contributed by atoms with Crippen molar-refractivity contribution in [3.63, 3.8) is 0 Å². The molecular formula is C12H19NO3. The van der Waals surface area contributed by atoms with Gasteiger partial charge in [0.2, 0.25) is 5.91 Å². The number of rotatable bonds is 6. The Morgan fingerprint density at radius 3 is 2.81 bits per heavy atom. The Hall–Kier alpha value is -1.29. The second-order valence-electron chi connectivity index (χ2n) is 3.98. The molecule has 0 aliphatic heterocycles. The van der Waals surface area contributed by atoms with E-state index in [4.69, 9.17) is 9.52 Å². The van der Waals surface area contributed by atoms with Gasteiger partial charge in [-0.2, -0.15) is 0 Å². The first kappa shape index (κ1) is 12.8. The Balaban J connectivity index is 2.43. The molecule has 1 heterocycles. The van der Waals surface area contributed by atoms with E-state index < -0.39 is 0 Å². The zero-order chi connectivity index (χ0) is 12.0. The summed E-state index contributed by atoms with van der Waals surface area (Å²) in [6, 6.07) is 3.79. The largest absolute Gasteiger partial charge is 0.469 e. The quantitative estimate of drug-likeness (QED) is 0.797. The average Bonchev–Trinajstić information content (AvgIpc) is 2.75. The average molecular weight is 225 g/mol. The predicted octanol–water partition coefficient (Wildman–Crippen LogP) is 1.44. The van der Waals surface area contributed by atoms with Crippen molar-refractivity contribution >= 4 is 5.91 Å². The fraction of sp³-hybridized carbons (Fsp3) is 0.583. The van der Waals surface area contributed by atoms with Crippen LogP contribution in [0.4, 0.5) is 0 Å². The van der Waals surface area contributed by atoms with E-state index in [1.165, 1.54) is 0 Å². The Morgan fingerprint density at radius 1 is 1.56 bits per heavy atom. The molecule has 0 unspecified atom stereocenters.